The van der Waals surface area contributed by atoms with Gasteiger partial charge in [-0.25, -0.2) is 0 Å². The molecule has 0 bridgehead atoms. The minimum absolute atomic E-state index is 0.384. The van der Waals surface area contributed by atoms with Crippen LogP contribution in [0.15, 0.2) is 42.5 Å². The third kappa shape index (κ3) is 4.81. The van der Waals surface area contributed by atoms with Crippen molar-refractivity contribution in [2.24, 2.45) is 0 Å². The van der Waals surface area contributed by atoms with Crippen LogP contribution in [-0.2, 0) is 0 Å². The van der Waals surface area contributed by atoms with Crippen molar-refractivity contribution >= 4 is 10.8 Å². The molecule has 0 saturated heterocycles. The Labute approximate surface area is 147 Å². The Morgan fingerprint density at radius 2 is 1.58 bits per heavy atom. The molecule has 24 heavy (non-hydrogen) atoms. The maximum Gasteiger partial charge on any atom is 0.0298 e. The van der Waals surface area contributed by atoms with E-state index in [2.05, 4.69) is 60.0 Å². The van der Waals surface area contributed by atoms with Crippen LogP contribution >= 0.6 is 0 Å². The molecule has 1 fully saturated rings. The van der Waals surface area contributed by atoms with Crippen LogP contribution in [0.1, 0.15) is 63.5 Å². The number of fused-ring (bicyclic) bond motifs is 1. The highest BCUT2D eigenvalue weighted by Gasteiger charge is 2.11. The van der Waals surface area contributed by atoms with Gasteiger partial charge in [-0.15, -0.1) is 0 Å². The molecule has 1 atom stereocenters. The first-order chi connectivity index (χ1) is 11.8. The van der Waals surface area contributed by atoms with Gasteiger partial charge < -0.3 is 10.6 Å². The first kappa shape index (κ1) is 17.4. The summed E-state index contributed by atoms with van der Waals surface area (Å²) in [5.41, 5.74) is 1.40. The summed E-state index contributed by atoms with van der Waals surface area (Å²) in [5, 5.41) is 10.2. The van der Waals surface area contributed by atoms with Gasteiger partial charge in [0.25, 0.3) is 0 Å². The van der Waals surface area contributed by atoms with Crippen molar-refractivity contribution < 1.29 is 0 Å². The zero-order valence-corrected chi connectivity index (χ0v) is 15.1. The van der Waals surface area contributed by atoms with E-state index in [1.54, 1.807) is 0 Å². The maximum absolute atomic E-state index is 3.77. The molecule has 0 aromatic heterocycles. The highest BCUT2D eigenvalue weighted by Crippen LogP contribution is 2.23. The van der Waals surface area contributed by atoms with Crippen molar-refractivity contribution in [2.45, 2.75) is 64.0 Å². The van der Waals surface area contributed by atoms with E-state index in [0.29, 0.717) is 6.04 Å². The highest BCUT2D eigenvalue weighted by atomic mass is 15.0. The van der Waals surface area contributed by atoms with Crippen molar-refractivity contribution in [3.63, 3.8) is 0 Å². The lowest BCUT2D eigenvalue weighted by Gasteiger charge is -2.22. The molecule has 1 saturated carbocycles. The molecule has 0 amide bonds. The van der Waals surface area contributed by atoms with Crippen LogP contribution in [0.4, 0.5) is 0 Å². The van der Waals surface area contributed by atoms with Crippen molar-refractivity contribution in [2.75, 3.05) is 13.1 Å². The molecule has 0 heterocycles. The van der Waals surface area contributed by atoms with Crippen molar-refractivity contribution in [3.05, 3.63) is 48.0 Å². The molecule has 1 aliphatic rings. The van der Waals surface area contributed by atoms with Gasteiger partial charge in [-0.1, -0.05) is 74.6 Å². The third-order valence-electron chi connectivity index (χ3n) is 5.40. The zero-order chi connectivity index (χ0) is 16.6. The number of nitrogens with one attached hydrogen (secondary N) is 2. The van der Waals surface area contributed by atoms with Crippen LogP contribution in [-0.4, -0.2) is 19.1 Å². The summed E-state index contributed by atoms with van der Waals surface area (Å²) in [6.07, 6.45) is 9.81. The summed E-state index contributed by atoms with van der Waals surface area (Å²) in [6, 6.07) is 16.4. The standard InChI is InChI=1S/C22H32N2/c1-18(21-15-9-11-19-10-7-8-14-22(19)21)23-16-17-24-20-12-5-3-2-4-6-13-20/h7-11,14-15,18,20,23-24H,2-6,12-13,16-17H2,1H3/t18-/m1/s1. The second-order valence-corrected chi connectivity index (χ2v) is 7.24. The minimum Gasteiger partial charge on any atom is -0.313 e. The Bertz CT molecular complexity index is 609. The average Bonchev–Trinajstić information content (AvgIpc) is 2.59. The monoisotopic (exact) mass is 324 g/mol. The highest BCUT2D eigenvalue weighted by molar-refractivity contribution is 5.86. The lowest BCUT2D eigenvalue weighted by Crippen LogP contribution is -2.36. The lowest BCUT2D eigenvalue weighted by atomic mass is 9.97. The summed E-state index contributed by atoms with van der Waals surface area (Å²) >= 11 is 0. The van der Waals surface area contributed by atoms with Crippen molar-refractivity contribution in [1.29, 1.82) is 0 Å². The van der Waals surface area contributed by atoms with Gasteiger partial charge in [0.15, 0.2) is 0 Å². The van der Waals surface area contributed by atoms with Crippen LogP contribution in [0.5, 0.6) is 0 Å². The molecule has 130 valence electrons. The molecule has 2 heteroatoms. The van der Waals surface area contributed by atoms with E-state index in [0.717, 1.165) is 19.1 Å². The van der Waals surface area contributed by atoms with Gasteiger partial charge in [0, 0.05) is 25.2 Å². The Morgan fingerprint density at radius 3 is 2.42 bits per heavy atom. The van der Waals surface area contributed by atoms with Gasteiger partial charge in [-0.05, 0) is 36.1 Å². The van der Waals surface area contributed by atoms with Gasteiger partial charge in [0.2, 0.25) is 0 Å². The summed E-state index contributed by atoms with van der Waals surface area (Å²) in [5.74, 6) is 0. The first-order valence-corrected chi connectivity index (χ1v) is 9.79. The first-order valence-electron chi connectivity index (χ1n) is 9.79. The van der Waals surface area contributed by atoms with Crippen molar-refractivity contribution in [3.8, 4) is 0 Å². The van der Waals surface area contributed by atoms with Crippen molar-refractivity contribution in [1.82, 2.24) is 10.6 Å². The van der Waals surface area contributed by atoms with E-state index in [9.17, 15) is 0 Å². The van der Waals surface area contributed by atoms with Gasteiger partial charge in [-0.2, -0.15) is 0 Å². The second kappa shape index (κ2) is 9.19. The maximum atomic E-state index is 3.77. The Balaban J connectivity index is 1.47. The SMILES string of the molecule is C[C@@H](NCCNC1CCCCCCC1)c1cccc2ccccc12. The van der Waals surface area contributed by atoms with Crippen LogP contribution in [0, 0.1) is 0 Å². The smallest absolute Gasteiger partial charge is 0.0298 e. The molecule has 2 aromatic carbocycles. The van der Waals surface area contributed by atoms with Gasteiger partial charge in [-0.3, -0.25) is 0 Å². The normalized spacial score (nSPS) is 18.2. The molecule has 2 nitrogen and oxygen atoms in total. The van der Waals surface area contributed by atoms with Gasteiger partial charge in [0.1, 0.15) is 0 Å². The van der Waals surface area contributed by atoms with E-state index in [1.807, 2.05) is 0 Å². The molecule has 0 aliphatic heterocycles. The summed E-state index contributed by atoms with van der Waals surface area (Å²) in [6.45, 7) is 4.37. The molecule has 2 aromatic rings. The lowest BCUT2D eigenvalue weighted by molar-refractivity contribution is 0.386. The Kier molecular flexibility index (Phi) is 6.68. The van der Waals surface area contributed by atoms with Crippen LogP contribution in [0.25, 0.3) is 10.8 Å². The molecule has 0 unspecified atom stereocenters. The van der Waals surface area contributed by atoms with E-state index in [4.69, 9.17) is 0 Å². The number of benzene rings is 2. The zero-order valence-electron chi connectivity index (χ0n) is 15.1. The van der Waals surface area contributed by atoms with Crippen LogP contribution in [0.2, 0.25) is 0 Å². The predicted molar refractivity (Wildman–Crippen MR) is 104 cm³/mol. The van der Waals surface area contributed by atoms with Gasteiger partial charge >= 0.3 is 0 Å². The van der Waals surface area contributed by atoms with Gasteiger partial charge in [0.05, 0.1) is 0 Å². The van der Waals surface area contributed by atoms with E-state index < -0.39 is 0 Å². The molecular weight excluding hydrogens is 292 g/mol. The van der Waals surface area contributed by atoms with E-state index in [-0.39, 0.29) is 0 Å². The predicted octanol–water partition coefficient (Wildman–Crippen LogP) is 5.19. The molecule has 3 rings (SSSR count). The Hall–Kier alpha value is -1.38. The quantitative estimate of drug-likeness (QED) is 0.714. The third-order valence-corrected chi connectivity index (χ3v) is 5.40. The van der Waals surface area contributed by atoms with E-state index in [1.165, 1.54) is 61.3 Å². The number of hydrogen-bond acceptors (Lipinski definition) is 2. The van der Waals surface area contributed by atoms with E-state index >= 15 is 0 Å². The fraction of sp³-hybridized carbons (Fsp3) is 0.545. The molecule has 0 spiro atoms. The fourth-order valence-electron chi connectivity index (χ4n) is 3.96. The fourth-order valence-corrected chi connectivity index (χ4v) is 3.96. The summed E-state index contributed by atoms with van der Waals surface area (Å²) < 4.78 is 0. The van der Waals surface area contributed by atoms with Crippen LogP contribution in [0.3, 0.4) is 0 Å². The summed E-state index contributed by atoms with van der Waals surface area (Å²) in [7, 11) is 0. The van der Waals surface area contributed by atoms with Crippen LogP contribution < -0.4 is 10.6 Å². The largest absolute Gasteiger partial charge is 0.313 e. The average molecular weight is 325 g/mol. The summed E-state index contributed by atoms with van der Waals surface area (Å²) in [4.78, 5) is 0. The topological polar surface area (TPSA) is 24.1 Å². The molecule has 2 N–H and O–H groups in total. The molecule has 1 aliphatic carbocycles. The minimum atomic E-state index is 0.384. The second-order valence-electron chi connectivity index (χ2n) is 7.24. The molecular formula is C22H32N2. The number of rotatable bonds is 6. The number of hydrogen-bond donors (Lipinski definition) is 2. The Morgan fingerprint density at radius 1 is 0.875 bits per heavy atom. The molecule has 0 radical (unpaired) electrons.